The highest BCUT2D eigenvalue weighted by atomic mass is 35.5. The summed E-state index contributed by atoms with van der Waals surface area (Å²) in [5.41, 5.74) is 4.43. The van der Waals surface area contributed by atoms with Crippen molar-refractivity contribution in [2.45, 2.75) is 46.0 Å². The molecule has 0 aliphatic heterocycles. The molecule has 0 aliphatic rings. The number of methoxy groups -OCH3 is 1. The number of unbranched alkanes of at least 4 members (excludes halogenated alkanes) is 1. The predicted octanol–water partition coefficient (Wildman–Crippen LogP) is 6.95. The Kier molecular flexibility index (Phi) is 7.67. The Balaban J connectivity index is 2.28. The molecular formula is C22H29Cl2NO. The zero-order valence-corrected chi connectivity index (χ0v) is 17.9. The van der Waals surface area contributed by atoms with Crippen molar-refractivity contribution < 1.29 is 4.74 Å². The van der Waals surface area contributed by atoms with Crippen LogP contribution in [0.15, 0.2) is 30.3 Å². The highest BCUT2D eigenvalue weighted by Crippen LogP contribution is 2.34. The molecule has 0 saturated heterocycles. The molecule has 142 valence electrons. The number of halogens is 2. The summed E-state index contributed by atoms with van der Waals surface area (Å²) in [6.45, 7) is 7.53. The number of anilines is 1. The lowest BCUT2D eigenvalue weighted by molar-refractivity contribution is 0.407. The maximum Gasteiger partial charge on any atom is 0.122 e. The number of rotatable bonds is 8. The van der Waals surface area contributed by atoms with Gasteiger partial charge in [-0.05, 0) is 47.2 Å². The molecule has 2 aromatic carbocycles. The summed E-state index contributed by atoms with van der Waals surface area (Å²) in [5.74, 6) is 1.32. The van der Waals surface area contributed by atoms with Crippen LogP contribution in [0.5, 0.6) is 5.75 Å². The lowest BCUT2D eigenvalue weighted by Crippen LogP contribution is -2.18. The van der Waals surface area contributed by atoms with Crippen LogP contribution in [0.25, 0.3) is 0 Å². The first-order valence-corrected chi connectivity index (χ1v) is 9.98. The number of hydrogen-bond donors (Lipinski definition) is 0. The quantitative estimate of drug-likeness (QED) is 0.480. The Morgan fingerprint density at radius 1 is 1.08 bits per heavy atom. The SMILES string of the molecule is CCCCN(C)c1cc(Cl)c(Cc2ccc(OC)c(C(C)C)c2)c(Cl)c1. The van der Waals surface area contributed by atoms with Gasteiger partial charge < -0.3 is 9.64 Å². The summed E-state index contributed by atoms with van der Waals surface area (Å²) >= 11 is 13.2. The van der Waals surface area contributed by atoms with E-state index in [1.54, 1.807) is 7.11 Å². The van der Waals surface area contributed by atoms with Crippen molar-refractivity contribution in [1.29, 1.82) is 0 Å². The van der Waals surface area contributed by atoms with Gasteiger partial charge in [0.25, 0.3) is 0 Å². The van der Waals surface area contributed by atoms with E-state index in [4.69, 9.17) is 27.9 Å². The molecule has 4 heteroatoms. The summed E-state index contributed by atoms with van der Waals surface area (Å²) in [7, 11) is 3.79. The van der Waals surface area contributed by atoms with E-state index in [2.05, 4.69) is 44.9 Å². The van der Waals surface area contributed by atoms with Crippen LogP contribution >= 0.6 is 23.2 Å². The van der Waals surface area contributed by atoms with Gasteiger partial charge in [-0.1, -0.05) is 62.5 Å². The van der Waals surface area contributed by atoms with Crippen LogP contribution in [0.3, 0.4) is 0 Å². The molecule has 0 N–H and O–H groups in total. The van der Waals surface area contributed by atoms with Gasteiger partial charge in [0, 0.05) is 35.7 Å². The maximum atomic E-state index is 6.59. The summed E-state index contributed by atoms with van der Waals surface area (Å²) in [6.07, 6.45) is 3.02. The molecule has 2 nitrogen and oxygen atoms in total. The van der Waals surface area contributed by atoms with Crippen molar-refractivity contribution >= 4 is 28.9 Å². The molecule has 0 heterocycles. The summed E-state index contributed by atoms with van der Waals surface area (Å²) in [5, 5.41) is 1.44. The van der Waals surface area contributed by atoms with E-state index in [0.29, 0.717) is 12.3 Å². The van der Waals surface area contributed by atoms with E-state index in [1.807, 2.05) is 18.2 Å². The molecule has 2 aromatic rings. The van der Waals surface area contributed by atoms with Gasteiger partial charge in [0.1, 0.15) is 5.75 Å². The fourth-order valence-corrected chi connectivity index (χ4v) is 3.66. The molecule has 0 fully saturated rings. The Morgan fingerprint density at radius 3 is 2.27 bits per heavy atom. The summed E-state index contributed by atoms with van der Waals surface area (Å²) in [6, 6.07) is 10.3. The second-order valence-electron chi connectivity index (χ2n) is 7.07. The minimum Gasteiger partial charge on any atom is -0.496 e. The monoisotopic (exact) mass is 393 g/mol. The van der Waals surface area contributed by atoms with E-state index in [1.165, 1.54) is 17.5 Å². The van der Waals surface area contributed by atoms with Crippen molar-refractivity contribution in [3.05, 3.63) is 57.1 Å². The fourth-order valence-electron chi connectivity index (χ4n) is 3.05. The number of hydrogen-bond acceptors (Lipinski definition) is 2. The van der Waals surface area contributed by atoms with E-state index in [0.717, 1.165) is 40.0 Å². The average Bonchev–Trinajstić information content (AvgIpc) is 2.62. The van der Waals surface area contributed by atoms with Gasteiger partial charge in [0.2, 0.25) is 0 Å². The minimum atomic E-state index is 0.394. The fraction of sp³-hybridized carbons (Fsp3) is 0.455. The van der Waals surface area contributed by atoms with Gasteiger partial charge in [-0.3, -0.25) is 0 Å². The van der Waals surface area contributed by atoms with Crippen LogP contribution in [0, 0.1) is 0 Å². The first-order chi connectivity index (χ1) is 12.4. The van der Waals surface area contributed by atoms with Crippen LogP contribution < -0.4 is 9.64 Å². The lowest BCUT2D eigenvalue weighted by Gasteiger charge is -2.21. The van der Waals surface area contributed by atoms with Crippen molar-refractivity contribution in [3.63, 3.8) is 0 Å². The second kappa shape index (κ2) is 9.53. The molecule has 0 aromatic heterocycles. The third-order valence-corrected chi connectivity index (χ3v) is 5.39. The topological polar surface area (TPSA) is 12.5 Å². The molecule has 0 bridgehead atoms. The van der Waals surface area contributed by atoms with E-state index in [9.17, 15) is 0 Å². The first kappa shape index (κ1) is 20.9. The standard InChI is InChI=1S/C22H29Cl2NO/c1-6-7-10-25(4)17-13-20(23)19(21(24)14-17)12-16-8-9-22(26-5)18(11-16)15(2)3/h8-9,11,13-15H,6-7,10,12H2,1-5H3. The maximum absolute atomic E-state index is 6.59. The van der Waals surface area contributed by atoms with Crippen molar-refractivity contribution in [2.75, 3.05) is 25.6 Å². The van der Waals surface area contributed by atoms with Crippen LogP contribution in [0.4, 0.5) is 5.69 Å². The Bertz CT molecular complexity index is 720. The molecule has 0 radical (unpaired) electrons. The molecule has 2 rings (SSSR count). The first-order valence-electron chi connectivity index (χ1n) is 9.23. The zero-order valence-electron chi connectivity index (χ0n) is 16.4. The van der Waals surface area contributed by atoms with Gasteiger partial charge in [0.05, 0.1) is 7.11 Å². The van der Waals surface area contributed by atoms with Gasteiger partial charge in [0.15, 0.2) is 0 Å². The van der Waals surface area contributed by atoms with Crippen LogP contribution in [-0.2, 0) is 6.42 Å². The predicted molar refractivity (Wildman–Crippen MR) is 115 cm³/mol. The zero-order chi connectivity index (χ0) is 19.3. The van der Waals surface area contributed by atoms with Crippen LogP contribution in [-0.4, -0.2) is 20.7 Å². The third kappa shape index (κ3) is 5.08. The summed E-state index contributed by atoms with van der Waals surface area (Å²) in [4.78, 5) is 2.20. The van der Waals surface area contributed by atoms with Crippen molar-refractivity contribution in [1.82, 2.24) is 0 Å². The molecule has 0 amide bonds. The summed E-state index contributed by atoms with van der Waals surface area (Å²) < 4.78 is 5.48. The average molecular weight is 394 g/mol. The van der Waals surface area contributed by atoms with Crippen molar-refractivity contribution in [3.8, 4) is 5.75 Å². The van der Waals surface area contributed by atoms with E-state index in [-0.39, 0.29) is 0 Å². The van der Waals surface area contributed by atoms with Gasteiger partial charge in [-0.15, -0.1) is 0 Å². The Labute approximate surface area is 168 Å². The highest BCUT2D eigenvalue weighted by molar-refractivity contribution is 6.36. The van der Waals surface area contributed by atoms with E-state index >= 15 is 0 Å². The van der Waals surface area contributed by atoms with Gasteiger partial charge >= 0.3 is 0 Å². The lowest BCUT2D eigenvalue weighted by atomic mass is 9.96. The molecule has 0 atom stereocenters. The minimum absolute atomic E-state index is 0.394. The third-order valence-electron chi connectivity index (χ3n) is 4.71. The smallest absolute Gasteiger partial charge is 0.122 e. The van der Waals surface area contributed by atoms with Gasteiger partial charge in [-0.25, -0.2) is 0 Å². The molecular weight excluding hydrogens is 365 g/mol. The number of benzene rings is 2. The Morgan fingerprint density at radius 2 is 1.73 bits per heavy atom. The van der Waals surface area contributed by atoms with Crippen LogP contribution in [0.1, 0.15) is 56.2 Å². The Hall–Kier alpha value is -1.38. The number of nitrogens with zero attached hydrogens (tertiary/aromatic N) is 1. The molecule has 0 aliphatic carbocycles. The largest absolute Gasteiger partial charge is 0.496 e. The normalized spacial score (nSPS) is 11.1. The van der Waals surface area contributed by atoms with Crippen molar-refractivity contribution in [2.24, 2.45) is 0 Å². The number of ether oxygens (including phenoxy) is 1. The second-order valence-corrected chi connectivity index (χ2v) is 7.89. The molecule has 26 heavy (non-hydrogen) atoms. The van der Waals surface area contributed by atoms with Gasteiger partial charge in [-0.2, -0.15) is 0 Å². The van der Waals surface area contributed by atoms with E-state index < -0.39 is 0 Å². The molecule has 0 unspecified atom stereocenters. The van der Waals surface area contributed by atoms with Crippen LogP contribution in [0.2, 0.25) is 10.0 Å². The molecule has 0 saturated carbocycles. The molecule has 0 spiro atoms. The highest BCUT2D eigenvalue weighted by Gasteiger charge is 2.14.